The van der Waals surface area contributed by atoms with Crippen LogP contribution < -0.4 is 4.57 Å². The van der Waals surface area contributed by atoms with Crippen molar-refractivity contribution in [2.45, 2.75) is 20.0 Å². The van der Waals surface area contributed by atoms with Crippen molar-refractivity contribution in [3.63, 3.8) is 0 Å². The highest BCUT2D eigenvalue weighted by Crippen LogP contribution is 1.96. The zero-order chi connectivity index (χ0) is 12.8. The van der Waals surface area contributed by atoms with E-state index >= 15 is 0 Å². The van der Waals surface area contributed by atoms with E-state index in [4.69, 9.17) is 4.74 Å². The zero-order valence-corrected chi connectivity index (χ0v) is 10.3. The summed E-state index contributed by atoms with van der Waals surface area (Å²) in [6.07, 6.45) is 3.50. The van der Waals surface area contributed by atoms with E-state index in [2.05, 4.69) is 17.2 Å². The third kappa shape index (κ3) is 3.41. The molecule has 2 rings (SSSR count). The lowest BCUT2D eigenvalue weighted by Gasteiger charge is -1.97. The van der Waals surface area contributed by atoms with Gasteiger partial charge < -0.3 is 4.74 Å². The molecule has 0 N–H and O–H groups in total. The van der Waals surface area contributed by atoms with Gasteiger partial charge in [0.2, 0.25) is 12.9 Å². The van der Waals surface area contributed by atoms with Crippen molar-refractivity contribution in [3.05, 3.63) is 48.5 Å². The summed E-state index contributed by atoms with van der Waals surface area (Å²) >= 11 is 0. The molecule has 0 aliphatic rings. The van der Waals surface area contributed by atoms with Gasteiger partial charge >= 0.3 is 5.97 Å². The molecule has 0 atom stereocenters. The zero-order valence-electron chi connectivity index (χ0n) is 10.3. The highest BCUT2D eigenvalue weighted by Gasteiger charge is 2.11. The molecular weight excluding hydrogens is 230 g/mol. The average Bonchev–Trinajstić information content (AvgIpc) is 2.78. The summed E-state index contributed by atoms with van der Waals surface area (Å²) in [5, 5.41) is 4.11. The predicted molar refractivity (Wildman–Crippen MR) is 64.6 cm³/mol. The molecule has 1 aromatic carbocycles. The second-order valence-electron chi connectivity index (χ2n) is 3.91. The maximum atomic E-state index is 11.3. The molecule has 0 saturated carbocycles. The smallest absolute Gasteiger partial charge is 0.344 e. The van der Waals surface area contributed by atoms with Gasteiger partial charge in [0.1, 0.15) is 0 Å². The average molecular weight is 246 g/mol. The quantitative estimate of drug-likeness (QED) is 0.578. The Morgan fingerprint density at radius 3 is 2.89 bits per heavy atom. The molecule has 2 aromatic rings. The van der Waals surface area contributed by atoms with Crippen LogP contribution in [0.2, 0.25) is 0 Å². The number of ether oxygens (including phenoxy) is 1. The van der Waals surface area contributed by atoms with Gasteiger partial charge in [-0.1, -0.05) is 30.3 Å². The van der Waals surface area contributed by atoms with Crippen molar-refractivity contribution < 1.29 is 14.1 Å². The molecule has 1 heterocycles. The van der Waals surface area contributed by atoms with E-state index in [1.165, 1.54) is 5.56 Å². The van der Waals surface area contributed by atoms with Crippen molar-refractivity contribution in [2.24, 2.45) is 0 Å². The van der Waals surface area contributed by atoms with Crippen LogP contribution in [0.25, 0.3) is 0 Å². The van der Waals surface area contributed by atoms with Crippen LogP contribution in [0.4, 0.5) is 0 Å². The topological polar surface area (TPSA) is 48.0 Å². The molecule has 5 heteroatoms. The lowest BCUT2D eigenvalue weighted by Crippen LogP contribution is -2.31. The molecule has 5 nitrogen and oxygen atoms in total. The van der Waals surface area contributed by atoms with Crippen LogP contribution in [0, 0.1) is 0 Å². The summed E-state index contributed by atoms with van der Waals surface area (Å²) in [6.45, 7) is 3.07. The number of esters is 1. The first-order valence-corrected chi connectivity index (χ1v) is 5.89. The molecule has 18 heavy (non-hydrogen) atoms. The number of hydrogen-bond acceptors (Lipinski definition) is 3. The normalized spacial score (nSPS) is 10.3. The molecule has 0 unspecified atom stereocenters. The molecule has 1 aromatic heterocycles. The second kappa shape index (κ2) is 5.95. The Bertz CT molecular complexity index is 508. The van der Waals surface area contributed by atoms with Crippen LogP contribution in [-0.2, 0) is 22.6 Å². The minimum absolute atomic E-state index is 0.148. The predicted octanol–water partition coefficient (Wildman–Crippen LogP) is 0.782. The van der Waals surface area contributed by atoms with E-state index in [-0.39, 0.29) is 12.5 Å². The number of nitrogens with zero attached hydrogens (tertiary/aromatic N) is 3. The highest BCUT2D eigenvalue weighted by atomic mass is 16.5. The molecule has 0 fully saturated rings. The molecular formula is C13H16N3O2+. The number of carbonyl (C=O) groups excluding carboxylic acids is 1. The molecule has 94 valence electrons. The van der Waals surface area contributed by atoms with E-state index in [1.807, 2.05) is 22.8 Å². The van der Waals surface area contributed by atoms with E-state index in [9.17, 15) is 4.79 Å². The van der Waals surface area contributed by atoms with Gasteiger partial charge in [-0.25, -0.2) is 9.36 Å². The maximum absolute atomic E-state index is 11.3. The summed E-state index contributed by atoms with van der Waals surface area (Å²) < 4.78 is 8.36. The van der Waals surface area contributed by atoms with Gasteiger partial charge in [-0.05, 0) is 12.5 Å². The van der Waals surface area contributed by atoms with Gasteiger partial charge in [-0.15, -0.1) is 4.68 Å². The number of benzene rings is 1. The number of carbonyl (C=O) groups is 1. The van der Waals surface area contributed by atoms with Gasteiger partial charge in [-0.3, -0.25) is 0 Å². The lowest BCUT2D eigenvalue weighted by molar-refractivity contribution is -0.689. The van der Waals surface area contributed by atoms with E-state index in [0.717, 1.165) is 6.54 Å². The Morgan fingerprint density at radius 2 is 2.17 bits per heavy atom. The first-order chi connectivity index (χ1) is 8.78. The van der Waals surface area contributed by atoms with Crippen molar-refractivity contribution in [2.75, 3.05) is 6.61 Å². The minimum atomic E-state index is -0.271. The van der Waals surface area contributed by atoms with Crippen LogP contribution in [0.5, 0.6) is 0 Å². The molecule has 0 aliphatic heterocycles. The fraction of sp³-hybridized carbons (Fsp3) is 0.308. The van der Waals surface area contributed by atoms with Crippen LogP contribution in [0.15, 0.2) is 43.0 Å². The second-order valence-corrected chi connectivity index (χ2v) is 3.91. The summed E-state index contributed by atoms with van der Waals surface area (Å²) in [5.74, 6) is -0.271. The van der Waals surface area contributed by atoms with Crippen molar-refractivity contribution >= 4 is 5.97 Å². The van der Waals surface area contributed by atoms with Crippen molar-refractivity contribution in [1.29, 1.82) is 0 Å². The fourth-order valence-electron chi connectivity index (χ4n) is 1.66. The van der Waals surface area contributed by atoms with E-state index in [0.29, 0.717) is 6.61 Å². The highest BCUT2D eigenvalue weighted by molar-refractivity contribution is 5.68. The Hall–Kier alpha value is -2.17. The molecule has 0 radical (unpaired) electrons. The Morgan fingerprint density at radius 1 is 1.39 bits per heavy atom. The van der Waals surface area contributed by atoms with Gasteiger partial charge in [0, 0.05) is 5.10 Å². The van der Waals surface area contributed by atoms with Crippen molar-refractivity contribution in [3.8, 4) is 0 Å². The Balaban J connectivity index is 1.96. The van der Waals surface area contributed by atoms with Gasteiger partial charge in [-0.2, -0.15) is 0 Å². The summed E-state index contributed by atoms with van der Waals surface area (Å²) in [6, 6.07) is 10.1. The summed E-state index contributed by atoms with van der Waals surface area (Å²) in [5.41, 5.74) is 1.19. The third-order valence-electron chi connectivity index (χ3n) is 2.43. The van der Waals surface area contributed by atoms with E-state index in [1.54, 1.807) is 24.3 Å². The SMILES string of the molecule is CCOC(=O)Cn1c[n+](Cc2ccccc2)cn1. The number of hydrogen-bond donors (Lipinski definition) is 0. The molecule has 0 bridgehead atoms. The van der Waals surface area contributed by atoms with Gasteiger partial charge in [0.15, 0.2) is 0 Å². The van der Waals surface area contributed by atoms with Crippen LogP contribution in [0.1, 0.15) is 12.5 Å². The standard InChI is InChI=1S/C13H16N3O2/c1-2-18-13(17)9-16-11-15(10-14-16)8-12-6-4-3-5-7-12/h3-7,10-11H,2,8-9H2,1H3/q+1. The van der Waals surface area contributed by atoms with Crippen LogP contribution >= 0.6 is 0 Å². The first kappa shape index (κ1) is 12.3. The molecule has 0 spiro atoms. The number of rotatable bonds is 5. The molecule has 0 aliphatic carbocycles. The van der Waals surface area contributed by atoms with E-state index < -0.39 is 0 Å². The maximum Gasteiger partial charge on any atom is 0.344 e. The van der Waals surface area contributed by atoms with Gasteiger partial charge in [0.25, 0.3) is 6.33 Å². The lowest BCUT2D eigenvalue weighted by atomic mass is 10.2. The first-order valence-electron chi connectivity index (χ1n) is 5.89. The molecule has 0 amide bonds. The Labute approximate surface area is 106 Å². The summed E-state index contributed by atoms with van der Waals surface area (Å²) in [7, 11) is 0. The largest absolute Gasteiger partial charge is 0.464 e. The van der Waals surface area contributed by atoms with Crippen LogP contribution in [0.3, 0.4) is 0 Å². The minimum Gasteiger partial charge on any atom is -0.464 e. The van der Waals surface area contributed by atoms with Crippen LogP contribution in [-0.4, -0.2) is 22.4 Å². The monoisotopic (exact) mass is 246 g/mol. The van der Waals surface area contributed by atoms with Crippen molar-refractivity contribution in [1.82, 2.24) is 9.78 Å². The molecule has 0 saturated heterocycles. The summed E-state index contributed by atoms with van der Waals surface area (Å²) in [4.78, 5) is 11.3. The fourth-order valence-corrected chi connectivity index (χ4v) is 1.66. The number of aromatic nitrogens is 3. The van der Waals surface area contributed by atoms with Gasteiger partial charge in [0.05, 0.1) is 13.2 Å². The third-order valence-corrected chi connectivity index (χ3v) is 2.43. The Kier molecular flexibility index (Phi) is 4.06.